The second-order valence-electron chi connectivity index (χ2n) is 4.98. The zero-order valence-corrected chi connectivity index (χ0v) is 10.2. The third-order valence-corrected chi connectivity index (χ3v) is 3.89. The number of benzene rings is 1. The van der Waals surface area contributed by atoms with Crippen LogP contribution in [-0.4, -0.2) is 11.1 Å². The largest absolute Gasteiger partial charge is 0.481 e. The minimum atomic E-state index is -1.000. The SMILES string of the molecule is Cc1ccc(C)c(C2(C(=O)O)CCCC2)c1F. The molecule has 2 nitrogen and oxygen atoms in total. The van der Waals surface area contributed by atoms with Gasteiger partial charge in [-0.25, -0.2) is 4.39 Å². The van der Waals surface area contributed by atoms with Crippen molar-refractivity contribution in [2.45, 2.75) is 44.9 Å². The zero-order valence-electron chi connectivity index (χ0n) is 10.2. The Morgan fingerprint density at radius 1 is 1.24 bits per heavy atom. The van der Waals surface area contributed by atoms with Crippen LogP contribution in [0.1, 0.15) is 42.4 Å². The lowest BCUT2D eigenvalue weighted by atomic mass is 9.76. The van der Waals surface area contributed by atoms with E-state index < -0.39 is 11.4 Å². The summed E-state index contributed by atoms with van der Waals surface area (Å²) in [6.07, 6.45) is 2.81. The van der Waals surface area contributed by atoms with Gasteiger partial charge in [-0.3, -0.25) is 4.79 Å². The quantitative estimate of drug-likeness (QED) is 0.855. The molecule has 2 rings (SSSR count). The highest BCUT2D eigenvalue weighted by molar-refractivity contribution is 5.82. The lowest BCUT2D eigenvalue weighted by molar-refractivity contribution is -0.143. The molecule has 0 spiro atoms. The average molecular weight is 236 g/mol. The Morgan fingerprint density at radius 3 is 2.29 bits per heavy atom. The summed E-state index contributed by atoms with van der Waals surface area (Å²) < 4.78 is 14.3. The minimum absolute atomic E-state index is 0.339. The van der Waals surface area contributed by atoms with Gasteiger partial charge in [-0.05, 0) is 37.8 Å². The smallest absolute Gasteiger partial charge is 0.314 e. The van der Waals surface area contributed by atoms with Crippen LogP contribution in [0.2, 0.25) is 0 Å². The Bertz CT molecular complexity index is 460. The van der Waals surface area contributed by atoms with Crippen molar-refractivity contribution in [1.29, 1.82) is 0 Å². The first-order valence-corrected chi connectivity index (χ1v) is 5.98. The third kappa shape index (κ3) is 1.74. The van der Waals surface area contributed by atoms with Crippen molar-refractivity contribution in [3.8, 4) is 0 Å². The molecule has 3 heteroatoms. The van der Waals surface area contributed by atoms with E-state index in [1.165, 1.54) is 0 Å². The maximum absolute atomic E-state index is 14.3. The highest BCUT2D eigenvalue weighted by Gasteiger charge is 2.45. The van der Waals surface area contributed by atoms with Gasteiger partial charge < -0.3 is 5.11 Å². The van der Waals surface area contributed by atoms with Gasteiger partial charge in [0, 0.05) is 5.56 Å². The number of carboxylic acid groups (broad SMARTS) is 1. The van der Waals surface area contributed by atoms with E-state index in [1.54, 1.807) is 19.9 Å². The molecule has 1 aliphatic rings. The molecular weight excluding hydrogens is 219 g/mol. The highest BCUT2D eigenvalue weighted by Crippen LogP contribution is 2.44. The summed E-state index contributed by atoms with van der Waals surface area (Å²) in [5.41, 5.74) is 0.679. The molecule has 0 radical (unpaired) electrons. The van der Waals surface area contributed by atoms with Crippen LogP contribution in [-0.2, 0) is 10.2 Å². The molecule has 1 fully saturated rings. The fourth-order valence-electron chi connectivity index (χ4n) is 2.91. The van der Waals surface area contributed by atoms with Crippen LogP contribution in [0.25, 0.3) is 0 Å². The number of rotatable bonds is 2. The van der Waals surface area contributed by atoms with E-state index in [1.807, 2.05) is 6.07 Å². The molecule has 92 valence electrons. The number of carboxylic acids is 1. The molecule has 1 saturated carbocycles. The molecule has 0 atom stereocenters. The molecule has 0 unspecified atom stereocenters. The molecule has 1 aliphatic carbocycles. The van der Waals surface area contributed by atoms with Crippen LogP contribution in [0.15, 0.2) is 12.1 Å². The topological polar surface area (TPSA) is 37.3 Å². The Labute approximate surface area is 100 Å². The first kappa shape index (κ1) is 12.1. The van der Waals surface area contributed by atoms with E-state index in [-0.39, 0.29) is 5.82 Å². The predicted molar refractivity (Wildman–Crippen MR) is 63.7 cm³/mol. The summed E-state index contributed by atoms with van der Waals surface area (Å²) in [4.78, 5) is 11.6. The van der Waals surface area contributed by atoms with E-state index in [9.17, 15) is 14.3 Å². The van der Waals surface area contributed by atoms with Gasteiger partial charge in [0.15, 0.2) is 0 Å². The molecule has 0 aromatic heterocycles. The molecule has 1 aromatic carbocycles. The summed E-state index contributed by atoms with van der Waals surface area (Å²) in [5.74, 6) is -1.23. The van der Waals surface area contributed by atoms with E-state index in [0.29, 0.717) is 24.0 Å². The molecule has 1 N–H and O–H groups in total. The molecular formula is C14H17FO2. The van der Waals surface area contributed by atoms with Crippen molar-refractivity contribution in [2.75, 3.05) is 0 Å². The van der Waals surface area contributed by atoms with Crippen LogP contribution in [0.4, 0.5) is 4.39 Å². The van der Waals surface area contributed by atoms with E-state index in [0.717, 1.165) is 18.4 Å². The van der Waals surface area contributed by atoms with Crippen molar-refractivity contribution < 1.29 is 14.3 Å². The molecule has 0 bridgehead atoms. The van der Waals surface area contributed by atoms with Gasteiger partial charge >= 0.3 is 5.97 Å². The summed E-state index contributed by atoms with van der Waals surface area (Å²) >= 11 is 0. The van der Waals surface area contributed by atoms with Gasteiger partial charge in [-0.15, -0.1) is 0 Å². The molecule has 0 amide bonds. The van der Waals surface area contributed by atoms with Gasteiger partial charge in [0.05, 0.1) is 5.41 Å². The van der Waals surface area contributed by atoms with Gasteiger partial charge in [0.1, 0.15) is 5.82 Å². The molecule has 0 aliphatic heterocycles. The second kappa shape index (κ2) is 4.13. The van der Waals surface area contributed by atoms with Crippen LogP contribution < -0.4 is 0 Å². The highest BCUT2D eigenvalue weighted by atomic mass is 19.1. The maximum Gasteiger partial charge on any atom is 0.314 e. The summed E-state index contributed by atoms with van der Waals surface area (Å²) in [6.45, 7) is 3.48. The fraction of sp³-hybridized carbons (Fsp3) is 0.500. The maximum atomic E-state index is 14.3. The number of hydrogen-bond acceptors (Lipinski definition) is 1. The van der Waals surface area contributed by atoms with Crippen molar-refractivity contribution >= 4 is 5.97 Å². The van der Waals surface area contributed by atoms with Crippen molar-refractivity contribution in [2.24, 2.45) is 0 Å². The Hall–Kier alpha value is -1.38. The Morgan fingerprint density at radius 2 is 1.76 bits per heavy atom. The number of halogens is 1. The summed E-state index contributed by atoms with van der Waals surface area (Å²) in [6, 6.07) is 3.52. The monoisotopic (exact) mass is 236 g/mol. The molecule has 17 heavy (non-hydrogen) atoms. The van der Waals surface area contributed by atoms with E-state index >= 15 is 0 Å². The third-order valence-electron chi connectivity index (χ3n) is 3.89. The molecule has 0 saturated heterocycles. The average Bonchev–Trinajstić information content (AvgIpc) is 2.74. The standard InChI is InChI=1S/C14H17FO2/c1-9-5-6-10(2)12(15)11(9)14(13(16)17)7-3-4-8-14/h5-6H,3-4,7-8H2,1-2H3,(H,16,17). The fourth-order valence-corrected chi connectivity index (χ4v) is 2.91. The van der Waals surface area contributed by atoms with Gasteiger partial charge in [-0.1, -0.05) is 25.0 Å². The summed E-state index contributed by atoms with van der Waals surface area (Å²) in [5, 5.41) is 9.49. The van der Waals surface area contributed by atoms with Gasteiger partial charge in [0.2, 0.25) is 0 Å². The molecule has 1 aromatic rings. The Balaban J connectivity index is 2.66. The number of aryl methyl sites for hydroxylation is 2. The number of aliphatic carboxylic acids is 1. The van der Waals surface area contributed by atoms with Crippen LogP contribution in [0.5, 0.6) is 0 Å². The Kier molecular flexibility index (Phi) is 2.94. The lowest BCUT2D eigenvalue weighted by Gasteiger charge is -2.27. The van der Waals surface area contributed by atoms with Crippen molar-refractivity contribution in [3.63, 3.8) is 0 Å². The second-order valence-corrected chi connectivity index (χ2v) is 4.98. The lowest BCUT2D eigenvalue weighted by Crippen LogP contribution is -2.34. The van der Waals surface area contributed by atoms with Crippen LogP contribution in [0, 0.1) is 19.7 Å². The van der Waals surface area contributed by atoms with Crippen molar-refractivity contribution in [1.82, 2.24) is 0 Å². The van der Waals surface area contributed by atoms with E-state index in [4.69, 9.17) is 0 Å². The van der Waals surface area contributed by atoms with Gasteiger partial charge in [0.25, 0.3) is 0 Å². The number of hydrogen-bond donors (Lipinski definition) is 1. The number of carbonyl (C=O) groups is 1. The summed E-state index contributed by atoms with van der Waals surface area (Å²) in [7, 11) is 0. The van der Waals surface area contributed by atoms with E-state index in [2.05, 4.69) is 0 Å². The van der Waals surface area contributed by atoms with Crippen molar-refractivity contribution in [3.05, 3.63) is 34.6 Å². The normalized spacial score (nSPS) is 18.3. The van der Waals surface area contributed by atoms with Gasteiger partial charge in [-0.2, -0.15) is 0 Å². The molecule has 0 heterocycles. The minimum Gasteiger partial charge on any atom is -0.481 e. The first-order valence-electron chi connectivity index (χ1n) is 5.98. The predicted octanol–water partition coefficient (Wildman–Crippen LogP) is 3.34. The zero-order chi connectivity index (χ0) is 12.6. The first-order chi connectivity index (χ1) is 7.99. The van der Waals surface area contributed by atoms with Crippen LogP contribution >= 0.6 is 0 Å². The van der Waals surface area contributed by atoms with Crippen LogP contribution in [0.3, 0.4) is 0 Å².